The van der Waals surface area contributed by atoms with Crippen molar-refractivity contribution in [3.05, 3.63) is 27.9 Å². The Labute approximate surface area is 51.7 Å². The molecule has 1 aromatic rings. The van der Waals surface area contributed by atoms with Crippen LogP contribution in [0.4, 0.5) is 5.82 Å². The Morgan fingerprint density at radius 1 is 1.78 bits per heavy atom. The lowest BCUT2D eigenvalue weighted by molar-refractivity contribution is -0.389. The molecule has 0 unspecified atom stereocenters. The average Bonchev–Trinajstić information content (AvgIpc) is 2.14. The number of H-pyrrole nitrogens is 1. The summed E-state index contributed by atoms with van der Waals surface area (Å²) >= 11 is 0. The molecule has 0 spiro atoms. The molecule has 0 saturated carbocycles. The van der Waals surface area contributed by atoms with Gasteiger partial charge in [-0.2, -0.15) is 0 Å². The Morgan fingerprint density at radius 3 is 2.67 bits per heavy atom. The van der Waals surface area contributed by atoms with Crippen LogP contribution in [0.2, 0.25) is 0 Å². The predicted octanol–water partition coefficient (Wildman–Crippen LogP) is 1.23. The number of rotatable bonds is 1. The maximum absolute atomic E-state index is 9.99. The van der Waals surface area contributed by atoms with Crippen LogP contribution in [-0.2, 0) is 0 Å². The first-order valence-corrected chi connectivity index (χ1v) is 2.49. The standard InChI is InChI=1S/C5H6N2O2/c1-4-2-5(6-3-4)7(8)9/h2-3,6H,1H3. The SMILES string of the molecule is Cc1c[nH]c([N+](=O)[O-])c1. The Kier molecular flexibility index (Phi) is 1.22. The van der Waals surface area contributed by atoms with Crippen molar-refractivity contribution in [2.24, 2.45) is 0 Å². The maximum atomic E-state index is 9.99. The Hall–Kier alpha value is -1.32. The van der Waals surface area contributed by atoms with Gasteiger partial charge in [-0.15, -0.1) is 0 Å². The minimum Gasteiger partial charge on any atom is -0.358 e. The second kappa shape index (κ2) is 1.89. The summed E-state index contributed by atoms with van der Waals surface area (Å²) in [5, 5.41) is 9.99. The Morgan fingerprint density at radius 2 is 2.44 bits per heavy atom. The maximum Gasteiger partial charge on any atom is 0.321 e. The van der Waals surface area contributed by atoms with E-state index in [1.165, 1.54) is 6.07 Å². The van der Waals surface area contributed by atoms with Gasteiger partial charge in [0.2, 0.25) is 0 Å². The van der Waals surface area contributed by atoms with Gasteiger partial charge in [0.1, 0.15) is 0 Å². The number of aromatic amines is 1. The fraction of sp³-hybridized carbons (Fsp3) is 0.200. The molecule has 1 rings (SSSR count). The van der Waals surface area contributed by atoms with Crippen LogP contribution in [-0.4, -0.2) is 9.91 Å². The first-order chi connectivity index (χ1) is 4.20. The highest BCUT2D eigenvalue weighted by Crippen LogP contribution is 2.08. The number of aryl methyl sites for hydroxylation is 1. The quantitative estimate of drug-likeness (QED) is 0.454. The van der Waals surface area contributed by atoms with Crippen molar-refractivity contribution in [3.8, 4) is 0 Å². The van der Waals surface area contributed by atoms with E-state index in [-0.39, 0.29) is 5.82 Å². The van der Waals surface area contributed by atoms with Gasteiger partial charge in [0, 0.05) is 6.07 Å². The van der Waals surface area contributed by atoms with Crippen molar-refractivity contribution in [2.45, 2.75) is 6.92 Å². The highest BCUT2D eigenvalue weighted by molar-refractivity contribution is 5.25. The van der Waals surface area contributed by atoms with E-state index >= 15 is 0 Å². The van der Waals surface area contributed by atoms with Crippen LogP contribution in [0.25, 0.3) is 0 Å². The lowest BCUT2D eigenvalue weighted by atomic mass is 10.4. The summed E-state index contributed by atoms with van der Waals surface area (Å²) in [6, 6.07) is 1.49. The van der Waals surface area contributed by atoms with E-state index in [1.54, 1.807) is 13.1 Å². The van der Waals surface area contributed by atoms with Crippen LogP contribution in [0.5, 0.6) is 0 Å². The van der Waals surface area contributed by atoms with Gasteiger partial charge < -0.3 is 10.1 Å². The minimum absolute atomic E-state index is 0.0486. The normalized spacial score (nSPS) is 9.44. The van der Waals surface area contributed by atoms with Crippen LogP contribution >= 0.6 is 0 Å². The van der Waals surface area contributed by atoms with Gasteiger partial charge in [-0.3, -0.25) is 0 Å². The summed E-state index contributed by atoms with van der Waals surface area (Å²) in [5.74, 6) is 0.0486. The molecular weight excluding hydrogens is 120 g/mol. The highest BCUT2D eigenvalue weighted by atomic mass is 16.6. The lowest BCUT2D eigenvalue weighted by Gasteiger charge is -1.84. The molecule has 0 saturated heterocycles. The predicted molar refractivity (Wildman–Crippen MR) is 32.2 cm³/mol. The summed E-state index contributed by atoms with van der Waals surface area (Å²) in [7, 11) is 0. The summed E-state index contributed by atoms with van der Waals surface area (Å²) in [4.78, 5) is 12.0. The molecule has 48 valence electrons. The number of hydrogen-bond acceptors (Lipinski definition) is 2. The van der Waals surface area contributed by atoms with Gasteiger partial charge in [0.15, 0.2) is 0 Å². The molecule has 0 atom stereocenters. The van der Waals surface area contributed by atoms with E-state index in [4.69, 9.17) is 0 Å². The summed E-state index contributed by atoms with van der Waals surface area (Å²) in [6.45, 7) is 1.80. The first-order valence-electron chi connectivity index (χ1n) is 2.49. The van der Waals surface area contributed by atoms with Gasteiger partial charge >= 0.3 is 5.82 Å². The number of aromatic nitrogens is 1. The fourth-order valence-corrected chi connectivity index (χ4v) is 0.592. The Bertz CT molecular complexity index is 229. The van der Waals surface area contributed by atoms with Crippen LogP contribution in [0.3, 0.4) is 0 Å². The zero-order valence-electron chi connectivity index (χ0n) is 4.92. The summed E-state index contributed by atoms with van der Waals surface area (Å²) in [6.07, 6.45) is 1.60. The topological polar surface area (TPSA) is 58.9 Å². The molecule has 0 bridgehead atoms. The lowest BCUT2D eigenvalue weighted by Crippen LogP contribution is -1.85. The van der Waals surface area contributed by atoms with Crippen LogP contribution in [0, 0.1) is 17.0 Å². The third-order valence-corrected chi connectivity index (χ3v) is 1.01. The molecule has 4 heteroatoms. The number of nitrogens with zero attached hydrogens (tertiary/aromatic N) is 1. The fourth-order valence-electron chi connectivity index (χ4n) is 0.592. The smallest absolute Gasteiger partial charge is 0.321 e. The Balaban J connectivity index is 2.98. The molecule has 0 aliphatic rings. The first kappa shape index (κ1) is 5.81. The molecule has 0 aromatic carbocycles. The second-order valence-corrected chi connectivity index (χ2v) is 1.82. The molecule has 9 heavy (non-hydrogen) atoms. The molecule has 1 aromatic heterocycles. The number of nitrogens with one attached hydrogen (secondary N) is 1. The molecule has 4 nitrogen and oxygen atoms in total. The third kappa shape index (κ3) is 1.07. The summed E-state index contributed by atoms with van der Waals surface area (Å²) < 4.78 is 0. The van der Waals surface area contributed by atoms with Crippen LogP contribution < -0.4 is 0 Å². The van der Waals surface area contributed by atoms with Crippen molar-refractivity contribution in [2.75, 3.05) is 0 Å². The molecule has 0 aliphatic carbocycles. The van der Waals surface area contributed by atoms with Crippen molar-refractivity contribution >= 4 is 5.82 Å². The molecule has 1 heterocycles. The van der Waals surface area contributed by atoms with Crippen molar-refractivity contribution in [1.82, 2.24) is 4.98 Å². The molecular formula is C5H6N2O2. The van der Waals surface area contributed by atoms with E-state index in [9.17, 15) is 10.1 Å². The van der Waals surface area contributed by atoms with E-state index in [0.29, 0.717) is 0 Å². The van der Waals surface area contributed by atoms with Gasteiger partial charge in [0.05, 0.1) is 6.20 Å². The largest absolute Gasteiger partial charge is 0.358 e. The average molecular weight is 126 g/mol. The number of hydrogen-bond donors (Lipinski definition) is 1. The van der Waals surface area contributed by atoms with Crippen LogP contribution in [0.15, 0.2) is 12.3 Å². The monoisotopic (exact) mass is 126 g/mol. The van der Waals surface area contributed by atoms with Crippen molar-refractivity contribution in [1.29, 1.82) is 0 Å². The zero-order valence-corrected chi connectivity index (χ0v) is 4.92. The van der Waals surface area contributed by atoms with Crippen molar-refractivity contribution in [3.63, 3.8) is 0 Å². The molecule has 1 N–H and O–H groups in total. The van der Waals surface area contributed by atoms with E-state index < -0.39 is 4.92 Å². The summed E-state index contributed by atoms with van der Waals surface area (Å²) in [5.41, 5.74) is 0.877. The molecule has 0 aliphatic heterocycles. The second-order valence-electron chi connectivity index (χ2n) is 1.82. The van der Waals surface area contributed by atoms with Crippen molar-refractivity contribution < 1.29 is 4.92 Å². The van der Waals surface area contributed by atoms with Gasteiger partial charge in [0.25, 0.3) is 0 Å². The van der Waals surface area contributed by atoms with Gasteiger partial charge in [-0.1, -0.05) is 0 Å². The highest BCUT2D eigenvalue weighted by Gasteiger charge is 2.02. The van der Waals surface area contributed by atoms with E-state index in [2.05, 4.69) is 4.98 Å². The van der Waals surface area contributed by atoms with Gasteiger partial charge in [-0.25, -0.2) is 4.98 Å². The van der Waals surface area contributed by atoms with E-state index in [0.717, 1.165) is 5.56 Å². The molecule has 0 radical (unpaired) electrons. The molecule has 0 amide bonds. The van der Waals surface area contributed by atoms with Crippen LogP contribution in [0.1, 0.15) is 5.56 Å². The third-order valence-electron chi connectivity index (χ3n) is 1.01. The van der Waals surface area contributed by atoms with E-state index in [1.807, 2.05) is 0 Å². The van der Waals surface area contributed by atoms with Gasteiger partial charge in [-0.05, 0) is 17.4 Å². The number of nitro groups is 1. The zero-order chi connectivity index (χ0) is 6.85. The molecule has 0 fully saturated rings. The minimum atomic E-state index is -0.451.